The van der Waals surface area contributed by atoms with Crippen LogP contribution in [-0.4, -0.2) is 23.5 Å². The van der Waals surface area contributed by atoms with E-state index in [2.05, 4.69) is 12.2 Å². The monoisotopic (exact) mass is 229 g/mol. The molecule has 0 aromatic heterocycles. The molecule has 0 unspecified atom stereocenters. The molecule has 0 aromatic carbocycles. The molecular weight excluding hydrogens is 206 g/mol. The smallest absolute Gasteiger partial charge is 0.394 e. The third-order valence-electron chi connectivity index (χ3n) is 2.51. The van der Waals surface area contributed by atoms with Crippen LogP contribution in [0.4, 0.5) is 0 Å². The Labute approximate surface area is 97.4 Å². The van der Waals surface area contributed by atoms with E-state index < -0.39 is 11.9 Å². The summed E-state index contributed by atoms with van der Waals surface area (Å²) in [6.45, 7) is 2.67. The highest BCUT2D eigenvalue weighted by molar-refractivity contribution is 6.31. The molecular formula is C12H23NO3. The van der Waals surface area contributed by atoms with Crippen LogP contribution >= 0.6 is 0 Å². The molecule has 0 aliphatic rings. The fourth-order valence-electron chi connectivity index (χ4n) is 1.54. The zero-order valence-electron chi connectivity index (χ0n) is 10.1. The summed E-state index contributed by atoms with van der Waals surface area (Å²) in [7, 11) is 0. The van der Waals surface area contributed by atoms with Crippen molar-refractivity contribution in [3.63, 3.8) is 0 Å². The van der Waals surface area contributed by atoms with Crippen LogP contribution in [0.25, 0.3) is 0 Å². The number of carbonyl (C=O) groups is 2. The molecule has 0 rings (SSSR count). The summed E-state index contributed by atoms with van der Waals surface area (Å²) in [6, 6.07) is 0. The maximum Gasteiger partial charge on any atom is 0.394 e. The van der Waals surface area contributed by atoms with Crippen LogP contribution in [0.5, 0.6) is 0 Å². The Kier molecular flexibility index (Phi) is 9.76. The van der Waals surface area contributed by atoms with Gasteiger partial charge in [-0.3, -0.25) is 4.79 Å². The zero-order chi connectivity index (χ0) is 12.2. The first-order chi connectivity index (χ1) is 7.68. The highest BCUT2D eigenvalue weighted by Gasteiger charge is 2.08. The van der Waals surface area contributed by atoms with E-state index in [1.807, 2.05) is 0 Å². The van der Waals surface area contributed by atoms with Gasteiger partial charge in [-0.25, -0.2) is 4.79 Å². The van der Waals surface area contributed by atoms with Crippen LogP contribution in [0.15, 0.2) is 0 Å². The van der Waals surface area contributed by atoms with Crippen molar-refractivity contribution >= 4 is 11.9 Å². The first-order valence-electron chi connectivity index (χ1n) is 6.19. The van der Waals surface area contributed by atoms with Gasteiger partial charge in [-0.05, 0) is 6.42 Å². The predicted octanol–water partition coefficient (Wildman–Crippen LogP) is 2.33. The number of unbranched alkanes of at least 4 members (excludes halogenated alkanes) is 7. The number of nitrogens with one attached hydrogen (secondary N) is 1. The summed E-state index contributed by atoms with van der Waals surface area (Å²) < 4.78 is 0. The van der Waals surface area contributed by atoms with Gasteiger partial charge in [-0.1, -0.05) is 51.9 Å². The molecule has 0 aliphatic carbocycles. The highest BCUT2D eigenvalue weighted by Crippen LogP contribution is 2.07. The van der Waals surface area contributed by atoms with Gasteiger partial charge in [0.1, 0.15) is 0 Å². The molecule has 0 fully saturated rings. The lowest BCUT2D eigenvalue weighted by molar-refractivity contribution is -0.150. The van der Waals surface area contributed by atoms with Crippen LogP contribution in [0.2, 0.25) is 0 Å². The Morgan fingerprint density at radius 3 is 1.94 bits per heavy atom. The molecule has 0 spiro atoms. The molecule has 0 aromatic rings. The van der Waals surface area contributed by atoms with Crippen molar-refractivity contribution in [2.24, 2.45) is 0 Å². The number of rotatable bonds is 9. The topological polar surface area (TPSA) is 66.4 Å². The van der Waals surface area contributed by atoms with Gasteiger partial charge in [-0.2, -0.15) is 0 Å². The Bertz CT molecular complexity index is 204. The average molecular weight is 229 g/mol. The number of amides is 1. The molecule has 1 amide bonds. The Balaban J connectivity index is 3.10. The summed E-state index contributed by atoms with van der Waals surface area (Å²) in [5.74, 6) is -2.30. The molecule has 0 radical (unpaired) electrons. The third kappa shape index (κ3) is 9.49. The van der Waals surface area contributed by atoms with E-state index in [1.165, 1.54) is 38.5 Å². The van der Waals surface area contributed by atoms with Gasteiger partial charge < -0.3 is 10.4 Å². The highest BCUT2D eigenvalue weighted by atomic mass is 16.4. The van der Waals surface area contributed by atoms with Crippen molar-refractivity contribution in [1.29, 1.82) is 0 Å². The molecule has 2 N–H and O–H groups in total. The van der Waals surface area contributed by atoms with Gasteiger partial charge in [-0.15, -0.1) is 0 Å². The number of aliphatic carboxylic acids is 1. The minimum atomic E-state index is -1.40. The van der Waals surface area contributed by atoms with Gasteiger partial charge in [0, 0.05) is 6.54 Å². The predicted molar refractivity (Wildman–Crippen MR) is 63.3 cm³/mol. The van der Waals surface area contributed by atoms with E-state index in [9.17, 15) is 9.59 Å². The second-order valence-corrected chi connectivity index (χ2v) is 4.04. The Morgan fingerprint density at radius 1 is 0.938 bits per heavy atom. The van der Waals surface area contributed by atoms with Gasteiger partial charge in [0.15, 0.2) is 0 Å². The minimum absolute atomic E-state index is 0.472. The van der Waals surface area contributed by atoms with E-state index in [-0.39, 0.29) is 0 Å². The fourth-order valence-corrected chi connectivity index (χ4v) is 1.54. The minimum Gasteiger partial charge on any atom is -0.474 e. The quantitative estimate of drug-likeness (QED) is 0.471. The lowest BCUT2D eigenvalue weighted by Crippen LogP contribution is -2.31. The van der Waals surface area contributed by atoms with Crippen LogP contribution in [0.3, 0.4) is 0 Å². The van der Waals surface area contributed by atoms with Gasteiger partial charge in [0.05, 0.1) is 0 Å². The maximum absolute atomic E-state index is 10.6. The largest absolute Gasteiger partial charge is 0.474 e. The fraction of sp³-hybridized carbons (Fsp3) is 0.833. The second kappa shape index (κ2) is 10.5. The first-order valence-corrected chi connectivity index (χ1v) is 6.19. The normalized spacial score (nSPS) is 10.1. The van der Waals surface area contributed by atoms with Crippen molar-refractivity contribution < 1.29 is 14.7 Å². The van der Waals surface area contributed by atoms with E-state index >= 15 is 0 Å². The SMILES string of the molecule is CCCCCCCCCCNC(=O)C(=O)O. The van der Waals surface area contributed by atoms with Crippen LogP contribution in [0, 0.1) is 0 Å². The summed E-state index contributed by atoms with van der Waals surface area (Å²) in [5, 5.41) is 10.6. The molecule has 16 heavy (non-hydrogen) atoms. The van der Waals surface area contributed by atoms with Gasteiger partial charge in [0.25, 0.3) is 0 Å². The van der Waals surface area contributed by atoms with E-state index in [0.29, 0.717) is 6.54 Å². The molecule has 0 saturated carbocycles. The lowest BCUT2D eigenvalue weighted by Gasteiger charge is -2.02. The lowest BCUT2D eigenvalue weighted by atomic mass is 10.1. The molecule has 4 nitrogen and oxygen atoms in total. The van der Waals surface area contributed by atoms with Crippen LogP contribution in [-0.2, 0) is 9.59 Å². The number of carboxylic acids is 1. The average Bonchev–Trinajstić information content (AvgIpc) is 2.26. The van der Waals surface area contributed by atoms with Gasteiger partial charge >= 0.3 is 11.9 Å². The van der Waals surface area contributed by atoms with E-state index in [1.54, 1.807) is 0 Å². The van der Waals surface area contributed by atoms with Crippen LogP contribution < -0.4 is 5.32 Å². The molecule has 94 valence electrons. The van der Waals surface area contributed by atoms with Gasteiger partial charge in [0.2, 0.25) is 0 Å². The molecule has 0 atom stereocenters. The summed E-state index contributed by atoms with van der Waals surface area (Å²) >= 11 is 0. The van der Waals surface area contributed by atoms with Crippen molar-refractivity contribution in [2.75, 3.05) is 6.54 Å². The second-order valence-electron chi connectivity index (χ2n) is 4.04. The summed E-state index contributed by atoms with van der Waals surface area (Å²) in [6.07, 6.45) is 9.52. The number of carboxylic acid groups (broad SMARTS) is 1. The standard InChI is InChI=1S/C12H23NO3/c1-2-3-4-5-6-7-8-9-10-13-11(14)12(15)16/h2-10H2,1H3,(H,13,14)(H,15,16). The van der Waals surface area contributed by atoms with E-state index in [4.69, 9.17) is 5.11 Å². The summed E-state index contributed by atoms with van der Waals surface area (Å²) in [4.78, 5) is 20.8. The molecule has 0 saturated heterocycles. The van der Waals surface area contributed by atoms with Crippen LogP contribution in [0.1, 0.15) is 58.3 Å². The third-order valence-corrected chi connectivity index (χ3v) is 2.51. The number of hydrogen-bond acceptors (Lipinski definition) is 2. The maximum atomic E-state index is 10.6. The van der Waals surface area contributed by atoms with Crippen molar-refractivity contribution in [3.05, 3.63) is 0 Å². The molecule has 0 bridgehead atoms. The number of carbonyl (C=O) groups excluding carboxylic acids is 1. The number of hydrogen-bond donors (Lipinski definition) is 2. The Hall–Kier alpha value is -1.06. The zero-order valence-corrected chi connectivity index (χ0v) is 10.1. The summed E-state index contributed by atoms with van der Waals surface area (Å²) in [5.41, 5.74) is 0. The first kappa shape index (κ1) is 14.9. The molecule has 0 heterocycles. The van der Waals surface area contributed by atoms with Crippen molar-refractivity contribution in [3.8, 4) is 0 Å². The van der Waals surface area contributed by atoms with Crippen molar-refractivity contribution in [1.82, 2.24) is 5.32 Å². The molecule has 0 aliphatic heterocycles. The van der Waals surface area contributed by atoms with Crippen molar-refractivity contribution in [2.45, 2.75) is 58.3 Å². The van der Waals surface area contributed by atoms with E-state index in [0.717, 1.165) is 12.8 Å². The molecule has 4 heteroatoms. The Morgan fingerprint density at radius 2 is 1.44 bits per heavy atom.